The van der Waals surface area contributed by atoms with Gasteiger partial charge in [-0.3, -0.25) is 4.90 Å². The molecule has 1 N–H and O–H groups in total. The molecule has 0 bridgehead atoms. The summed E-state index contributed by atoms with van der Waals surface area (Å²) in [7, 11) is 0. The zero-order chi connectivity index (χ0) is 20.4. The number of halogens is 1. The van der Waals surface area contributed by atoms with E-state index in [9.17, 15) is 9.18 Å². The van der Waals surface area contributed by atoms with Crippen molar-refractivity contribution in [2.24, 2.45) is 0 Å². The Morgan fingerprint density at radius 2 is 2.34 bits per heavy atom. The number of nitrogens with zero attached hydrogens (tertiary/aromatic N) is 5. The van der Waals surface area contributed by atoms with Gasteiger partial charge < -0.3 is 10.1 Å². The fraction of sp³-hybridized carbons (Fsp3) is 0.278. The van der Waals surface area contributed by atoms with Crippen molar-refractivity contribution in [2.75, 3.05) is 18.0 Å². The Morgan fingerprint density at radius 3 is 3.07 bits per heavy atom. The lowest BCUT2D eigenvalue weighted by Crippen LogP contribution is -2.32. The van der Waals surface area contributed by atoms with E-state index in [1.807, 2.05) is 5.38 Å². The number of ether oxygens (including phenoxy) is 1. The second-order valence-corrected chi connectivity index (χ2v) is 7.93. The van der Waals surface area contributed by atoms with Crippen LogP contribution in [0.15, 0.2) is 36.2 Å². The summed E-state index contributed by atoms with van der Waals surface area (Å²) in [6.07, 6.45) is 2.20. The summed E-state index contributed by atoms with van der Waals surface area (Å²) in [5, 5.41) is 9.44. The second-order valence-electron chi connectivity index (χ2n) is 6.45. The highest BCUT2D eigenvalue weighted by molar-refractivity contribution is 7.80. The molecule has 2 aromatic heterocycles. The maximum absolute atomic E-state index is 14.8. The van der Waals surface area contributed by atoms with Crippen molar-refractivity contribution in [3.8, 4) is 10.6 Å². The van der Waals surface area contributed by atoms with Crippen LogP contribution in [-0.4, -0.2) is 50.0 Å². The third-order valence-electron chi connectivity index (χ3n) is 4.29. The molecule has 1 aliphatic heterocycles. The molecular formula is C18H17FN6O2S2. The Bertz CT molecular complexity index is 1040. The van der Waals surface area contributed by atoms with E-state index in [4.69, 9.17) is 17.0 Å². The molecule has 1 aromatic carbocycles. The van der Waals surface area contributed by atoms with Gasteiger partial charge in [-0.15, -0.1) is 11.3 Å². The Labute approximate surface area is 175 Å². The van der Waals surface area contributed by atoms with Gasteiger partial charge >= 0.3 is 6.09 Å². The number of aromatic nitrogens is 4. The van der Waals surface area contributed by atoms with Crippen molar-refractivity contribution in [1.82, 2.24) is 25.1 Å². The van der Waals surface area contributed by atoms with Crippen molar-refractivity contribution in [3.63, 3.8) is 0 Å². The lowest BCUT2D eigenvalue weighted by atomic mass is 10.2. The van der Waals surface area contributed by atoms with Crippen LogP contribution < -0.4 is 10.2 Å². The predicted molar refractivity (Wildman–Crippen MR) is 111 cm³/mol. The van der Waals surface area contributed by atoms with Gasteiger partial charge in [0.2, 0.25) is 0 Å². The highest BCUT2D eigenvalue weighted by Crippen LogP contribution is 2.31. The second kappa shape index (κ2) is 8.21. The van der Waals surface area contributed by atoms with Crippen LogP contribution in [0.1, 0.15) is 12.6 Å². The molecule has 1 fully saturated rings. The molecule has 1 atom stereocenters. The highest BCUT2D eigenvalue weighted by Gasteiger charge is 2.32. The molecule has 8 nitrogen and oxygen atoms in total. The normalized spacial score (nSPS) is 16.1. The molecule has 1 aliphatic rings. The molecule has 150 valence electrons. The Morgan fingerprint density at radius 1 is 1.48 bits per heavy atom. The van der Waals surface area contributed by atoms with Crippen molar-refractivity contribution < 1.29 is 13.9 Å². The number of hydrogen-bond acceptors (Lipinski definition) is 7. The number of hydrogen-bond donors (Lipinski definition) is 1. The molecule has 11 heteroatoms. The standard InChI is InChI=1S/C18H17FN6O2S2/c1-11(28)21-5-14-7-25(18(26)27-14)13-2-3-15(16(19)4-13)17-23-12(8-29-17)6-24-10-20-9-22-24/h2-4,8-10,14H,5-7H2,1H3,(H,21,28)/t14-/m0/s1. The van der Waals surface area contributed by atoms with Gasteiger partial charge in [0.1, 0.15) is 29.6 Å². The van der Waals surface area contributed by atoms with E-state index >= 15 is 0 Å². The SMILES string of the molecule is CC(=S)NC[C@H]1CN(c2ccc(-c3nc(Cn4cncn4)cs3)c(F)c2)C(=O)O1. The van der Waals surface area contributed by atoms with Gasteiger partial charge in [-0.2, -0.15) is 5.10 Å². The minimum absolute atomic E-state index is 0.326. The number of carbonyl (C=O) groups excluding carboxylic acids is 1. The minimum Gasteiger partial charge on any atom is -0.442 e. The van der Waals surface area contributed by atoms with Gasteiger partial charge in [-0.25, -0.2) is 23.8 Å². The first-order chi connectivity index (χ1) is 14.0. The number of nitrogens with one attached hydrogen (secondary N) is 1. The van der Waals surface area contributed by atoms with Gasteiger partial charge in [0, 0.05) is 10.9 Å². The van der Waals surface area contributed by atoms with Gasteiger partial charge in [-0.05, 0) is 25.1 Å². The van der Waals surface area contributed by atoms with E-state index in [2.05, 4.69) is 20.4 Å². The summed E-state index contributed by atoms with van der Waals surface area (Å²) in [5.41, 5.74) is 1.59. The first-order valence-corrected chi connectivity index (χ1v) is 10.1. The topological polar surface area (TPSA) is 85.2 Å². The number of benzene rings is 1. The number of thiazole rings is 1. The summed E-state index contributed by atoms with van der Waals surface area (Å²) in [6, 6.07) is 4.65. The monoisotopic (exact) mass is 432 g/mol. The lowest BCUT2D eigenvalue weighted by molar-refractivity contribution is 0.143. The average molecular weight is 433 g/mol. The fourth-order valence-electron chi connectivity index (χ4n) is 2.93. The van der Waals surface area contributed by atoms with Crippen LogP contribution in [0, 0.1) is 5.82 Å². The van der Waals surface area contributed by atoms with Crippen LogP contribution in [0.4, 0.5) is 14.9 Å². The van der Waals surface area contributed by atoms with Crippen molar-refractivity contribution in [3.05, 3.63) is 47.7 Å². The van der Waals surface area contributed by atoms with Gasteiger partial charge in [0.15, 0.2) is 0 Å². The summed E-state index contributed by atoms with van der Waals surface area (Å²) < 4.78 is 21.7. The number of carbonyl (C=O) groups is 1. The van der Waals surface area contributed by atoms with Crippen molar-refractivity contribution >= 4 is 40.3 Å². The predicted octanol–water partition coefficient (Wildman–Crippen LogP) is 2.85. The van der Waals surface area contributed by atoms with Crippen molar-refractivity contribution in [2.45, 2.75) is 19.6 Å². The molecule has 3 heterocycles. The quantitative estimate of drug-likeness (QED) is 0.600. The maximum atomic E-state index is 14.8. The third kappa shape index (κ3) is 4.40. The first-order valence-electron chi connectivity index (χ1n) is 8.79. The van der Waals surface area contributed by atoms with Gasteiger partial charge in [-0.1, -0.05) is 12.2 Å². The lowest BCUT2D eigenvalue weighted by Gasteiger charge is -2.14. The van der Waals surface area contributed by atoms with Crippen LogP contribution in [0.25, 0.3) is 10.6 Å². The molecule has 29 heavy (non-hydrogen) atoms. The van der Waals surface area contributed by atoms with E-state index in [0.717, 1.165) is 5.69 Å². The Kier molecular flexibility index (Phi) is 5.49. The summed E-state index contributed by atoms with van der Waals surface area (Å²) in [4.78, 5) is 22.6. The van der Waals surface area contributed by atoms with Crippen LogP contribution in [0.2, 0.25) is 0 Å². The van der Waals surface area contributed by atoms with E-state index in [0.29, 0.717) is 40.9 Å². The van der Waals surface area contributed by atoms with E-state index in [1.54, 1.807) is 30.1 Å². The molecule has 0 radical (unpaired) electrons. The van der Waals surface area contributed by atoms with Crippen LogP contribution in [0.3, 0.4) is 0 Å². The number of anilines is 1. The first kappa shape index (κ1) is 19.4. The van der Waals surface area contributed by atoms with E-state index < -0.39 is 11.9 Å². The third-order valence-corrected chi connectivity index (χ3v) is 5.36. The summed E-state index contributed by atoms with van der Waals surface area (Å²) in [6.45, 7) is 2.97. The highest BCUT2D eigenvalue weighted by atomic mass is 32.1. The zero-order valence-electron chi connectivity index (χ0n) is 15.4. The van der Waals surface area contributed by atoms with Crippen molar-refractivity contribution in [1.29, 1.82) is 0 Å². The molecule has 0 unspecified atom stereocenters. The molecule has 4 rings (SSSR count). The molecule has 3 aromatic rings. The van der Waals surface area contributed by atoms with E-state index in [-0.39, 0.29) is 6.10 Å². The minimum atomic E-state index is -0.504. The number of rotatable bonds is 6. The number of cyclic esters (lactones) is 1. The smallest absolute Gasteiger partial charge is 0.414 e. The van der Waals surface area contributed by atoms with Crippen LogP contribution in [0.5, 0.6) is 0 Å². The molecule has 0 aliphatic carbocycles. The zero-order valence-corrected chi connectivity index (χ0v) is 17.0. The fourth-order valence-corrected chi connectivity index (χ4v) is 3.85. The number of amides is 1. The molecule has 0 spiro atoms. The Hall–Kier alpha value is -2.92. The summed E-state index contributed by atoms with van der Waals surface area (Å²) >= 11 is 6.32. The molecule has 1 saturated heterocycles. The average Bonchev–Trinajstić information content (AvgIpc) is 3.42. The maximum Gasteiger partial charge on any atom is 0.414 e. The summed E-state index contributed by atoms with van der Waals surface area (Å²) in [5.74, 6) is -0.451. The van der Waals surface area contributed by atoms with Gasteiger partial charge in [0.05, 0.1) is 36.0 Å². The molecular weight excluding hydrogens is 415 g/mol. The molecule has 1 amide bonds. The Balaban J connectivity index is 1.48. The number of thiocarbonyl (C=S) groups is 1. The molecule has 0 saturated carbocycles. The largest absolute Gasteiger partial charge is 0.442 e. The van der Waals surface area contributed by atoms with Crippen LogP contribution in [-0.2, 0) is 11.3 Å². The van der Waals surface area contributed by atoms with E-state index in [1.165, 1.54) is 28.6 Å². The van der Waals surface area contributed by atoms with Crippen LogP contribution >= 0.6 is 23.6 Å². The van der Waals surface area contributed by atoms with Gasteiger partial charge in [0.25, 0.3) is 0 Å².